The highest BCUT2D eigenvalue weighted by Gasteiger charge is 2.18. The van der Waals surface area contributed by atoms with E-state index in [4.69, 9.17) is 0 Å². The molecule has 0 atom stereocenters. The summed E-state index contributed by atoms with van der Waals surface area (Å²) in [4.78, 5) is 19.1. The van der Waals surface area contributed by atoms with Crippen molar-refractivity contribution in [3.63, 3.8) is 0 Å². The van der Waals surface area contributed by atoms with Crippen LogP contribution in [0.15, 0.2) is 48.8 Å². The third-order valence-electron chi connectivity index (χ3n) is 3.82. The van der Waals surface area contributed by atoms with Gasteiger partial charge >= 0.3 is 0 Å². The van der Waals surface area contributed by atoms with Crippen LogP contribution in [0.25, 0.3) is 11.3 Å². The molecule has 6 heteroatoms. The minimum absolute atomic E-state index is 0.126. The van der Waals surface area contributed by atoms with E-state index >= 15 is 0 Å². The van der Waals surface area contributed by atoms with E-state index in [1.165, 1.54) is 0 Å². The Morgan fingerprint density at radius 2 is 1.88 bits per heavy atom. The van der Waals surface area contributed by atoms with Crippen molar-refractivity contribution in [1.82, 2.24) is 14.8 Å². The lowest BCUT2D eigenvalue weighted by atomic mass is 10.1. The summed E-state index contributed by atoms with van der Waals surface area (Å²) < 4.78 is 2.85. The number of rotatable bonds is 3. The average molecular weight is 432 g/mol. The van der Waals surface area contributed by atoms with Crippen molar-refractivity contribution in [2.45, 2.75) is 6.92 Å². The molecule has 24 heavy (non-hydrogen) atoms. The Morgan fingerprint density at radius 3 is 2.50 bits per heavy atom. The van der Waals surface area contributed by atoms with Crippen LogP contribution in [0.2, 0.25) is 0 Å². The van der Waals surface area contributed by atoms with Gasteiger partial charge < -0.3 is 4.90 Å². The van der Waals surface area contributed by atoms with Crippen LogP contribution in [0.3, 0.4) is 0 Å². The predicted molar refractivity (Wildman–Crippen MR) is 103 cm³/mol. The van der Waals surface area contributed by atoms with Gasteiger partial charge in [0.1, 0.15) is 5.69 Å². The molecule has 0 aliphatic carbocycles. The van der Waals surface area contributed by atoms with E-state index in [0.29, 0.717) is 5.69 Å². The lowest BCUT2D eigenvalue weighted by Gasteiger charge is -2.18. The molecule has 0 saturated carbocycles. The Balaban J connectivity index is 1.95. The Bertz CT molecular complexity index is 886. The first-order valence-electron chi connectivity index (χ1n) is 7.46. The first kappa shape index (κ1) is 16.6. The molecule has 2 aromatic heterocycles. The van der Waals surface area contributed by atoms with Gasteiger partial charge in [0.05, 0.1) is 11.9 Å². The Hall–Kier alpha value is -2.22. The fourth-order valence-corrected chi connectivity index (χ4v) is 2.76. The van der Waals surface area contributed by atoms with Crippen molar-refractivity contribution in [1.29, 1.82) is 0 Å². The van der Waals surface area contributed by atoms with E-state index in [2.05, 4.69) is 32.7 Å². The molecule has 0 fully saturated rings. The third kappa shape index (κ3) is 3.33. The van der Waals surface area contributed by atoms with Crippen molar-refractivity contribution in [2.75, 3.05) is 11.9 Å². The van der Waals surface area contributed by atoms with Gasteiger partial charge in [-0.1, -0.05) is 6.07 Å². The van der Waals surface area contributed by atoms with E-state index in [0.717, 1.165) is 26.1 Å². The molecule has 0 spiro atoms. The Kier molecular flexibility index (Phi) is 4.66. The molecule has 5 nitrogen and oxygen atoms in total. The summed E-state index contributed by atoms with van der Waals surface area (Å²) >= 11 is 2.24. The van der Waals surface area contributed by atoms with Crippen LogP contribution in [0.1, 0.15) is 16.1 Å². The van der Waals surface area contributed by atoms with Crippen molar-refractivity contribution in [3.8, 4) is 11.3 Å². The summed E-state index contributed by atoms with van der Waals surface area (Å²) in [6.45, 7) is 1.90. The largest absolute Gasteiger partial charge is 0.310 e. The van der Waals surface area contributed by atoms with Crippen LogP contribution in [0.4, 0.5) is 5.69 Å². The second-order valence-electron chi connectivity index (χ2n) is 5.61. The third-order valence-corrected chi connectivity index (χ3v) is 4.54. The molecule has 1 amide bonds. The van der Waals surface area contributed by atoms with Crippen molar-refractivity contribution in [2.24, 2.45) is 7.05 Å². The van der Waals surface area contributed by atoms with Crippen LogP contribution in [0.5, 0.6) is 0 Å². The van der Waals surface area contributed by atoms with Crippen LogP contribution in [0, 0.1) is 10.5 Å². The highest BCUT2D eigenvalue weighted by Crippen LogP contribution is 2.21. The summed E-state index contributed by atoms with van der Waals surface area (Å²) in [5, 5.41) is 4.16. The fourth-order valence-electron chi connectivity index (χ4n) is 2.40. The van der Waals surface area contributed by atoms with Crippen LogP contribution in [-0.4, -0.2) is 27.7 Å². The number of hydrogen-bond donors (Lipinski definition) is 0. The van der Waals surface area contributed by atoms with E-state index < -0.39 is 0 Å². The van der Waals surface area contributed by atoms with Crippen molar-refractivity contribution < 1.29 is 4.79 Å². The summed E-state index contributed by atoms with van der Waals surface area (Å²) in [5.74, 6) is -0.126. The maximum Gasteiger partial charge on any atom is 0.276 e. The normalized spacial score (nSPS) is 10.7. The number of hydrogen-bond acceptors (Lipinski definition) is 3. The number of pyridine rings is 1. The SMILES string of the molecule is Cc1ccc(-c2cnn(C)c2)nc1C(=O)N(C)c1ccc(I)cc1. The predicted octanol–water partition coefficient (Wildman–Crippen LogP) is 3.67. The lowest BCUT2D eigenvalue weighted by Crippen LogP contribution is -2.28. The van der Waals surface area contributed by atoms with Gasteiger partial charge in [0.2, 0.25) is 0 Å². The number of aromatic nitrogens is 3. The standard InChI is InChI=1S/C18H17IN4O/c1-12-4-9-16(13-10-20-22(2)11-13)21-17(12)18(24)23(3)15-7-5-14(19)6-8-15/h4-11H,1-3H3. The second kappa shape index (κ2) is 6.72. The van der Waals surface area contributed by atoms with Crippen LogP contribution < -0.4 is 4.90 Å². The van der Waals surface area contributed by atoms with Gasteiger partial charge in [-0.3, -0.25) is 9.48 Å². The monoisotopic (exact) mass is 432 g/mol. The van der Waals surface area contributed by atoms with E-state index in [9.17, 15) is 4.79 Å². The minimum Gasteiger partial charge on any atom is -0.310 e. The van der Waals surface area contributed by atoms with Gasteiger partial charge in [0.15, 0.2) is 0 Å². The molecule has 3 rings (SSSR count). The molecule has 0 aliphatic heterocycles. The molecule has 0 radical (unpaired) electrons. The number of carbonyl (C=O) groups is 1. The van der Waals surface area contributed by atoms with Gasteiger partial charge in [-0.25, -0.2) is 4.98 Å². The van der Waals surface area contributed by atoms with E-state index in [-0.39, 0.29) is 5.91 Å². The van der Waals surface area contributed by atoms with Gasteiger partial charge in [-0.05, 0) is 65.4 Å². The number of carbonyl (C=O) groups excluding carboxylic acids is 1. The van der Waals surface area contributed by atoms with Gasteiger partial charge in [-0.15, -0.1) is 0 Å². The summed E-state index contributed by atoms with van der Waals surface area (Å²) in [5.41, 5.74) is 3.78. The maximum atomic E-state index is 12.9. The fraction of sp³-hybridized carbons (Fsp3) is 0.167. The number of benzene rings is 1. The molecular weight excluding hydrogens is 415 g/mol. The zero-order chi connectivity index (χ0) is 17.3. The molecule has 0 N–H and O–H groups in total. The Morgan fingerprint density at radius 1 is 1.17 bits per heavy atom. The molecule has 122 valence electrons. The van der Waals surface area contributed by atoms with Gasteiger partial charge in [0, 0.05) is 35.1 Å². The molecule has 0 unspecified atom stereocenters. The summed E-state index contributed by atoms with van der Waals surface area (Å²) in [7, 11) is 3.62. The summed E-state index contributed by atoms with van der Waals surface area (Å²) in [6, 6.07) is 11.6. The Labute approximate surface area is 154 Å². The molecule has 1 aromatic carbocycles. The van der Waals surface area contributed by atoms with Gasteiger partial charge in [0.25, 0.3) is 5.91 Å². The van der Waals surface area contributed by atoms with Crippen molar-refractivity contribution in [3.05, 3.63) is 63.6 Å². The van der Waals surface area contributed by atoms with Crippen LogP contribution in [-0.2, 0) is 7.05 Å². The highest BCUT2D eigenvalue weighted by molar-refractivity contribution is 14.1. The molecular formula is C18H17IN4O. The smallest absolute Gasteiger partial charge is 0.276 e. The average Bonchev–Trinajstić information content (AvgIpc) is 3.01. The van der Waals surface area contributed by atoms with E-state index in [1.807, 2.05) is 56.6 Å². The zero-order valence-electron chi connectivity index (χ0n) is 13.7. The number of halogens is 1. The topological polar surface area (TPSA) is 51.0 Å². The minimum atomic E-state index is -0.126. The highest BCUT2D eigenvalue weighted by atomic mass is 127. The maximum absolute atomic E-state index is 12.9. The second-order valence-corrected chi connectivity index (χ2v) is 6.85. The molecule has 2 heterocycles. The molecule has 0 saturated heterocycles. The first-order chi connectivity index (χ1) is 11.5. The quantitative estimate of drug-likeness (QED) is 0.594. The van der Waals surface area contributed by atoms with Crippen molar-refractivity contribution >= 4 is 34.2 Å². The van der Waals surface area contributed by atoms with E-state index in [1.54, 1.807) is 22.8 Å². The zero-order valence-corrected chi connectivity index (χ0v) is 15.9. The molecule has 3 aromatic rings. The lowest BCUT2D eigenvalue weighted by molar-refractivity contribution is 0.0987. The number of amides is 1. The number of nitrogens with zero attached hydrogens (tertiary/aromatic N) is 4. The first-order valence-corrected chi connectivity index (χ1v) is 8.54. The summed E-state index contributed by atoms with van der Waals surface area (Å²) in [6.07, 6.45) is 3.63. The van der Waals surface area contributed by atoms with Gasteiger partial charge in [-0.2, -0.15) is 5.10 Å². The molecule has 0 aliphatic rings. The number of anilines is 1. The molecule has 0 bridgehead atoms. The van der Waals surface area contributed by atoms with Crippen LogP contribution >= 0.6 is 22.6 Å². The number of aryl methyl sites for hydroxylation is 2.